The van der Waals surface area contributed by atoms with Crippen LogP contribution in [0.2, 0.25) is 0 Å². The number of ether oxygens (including phenoxy) is 1. The molecule has 0 saturated carbocycles. The van der Waals surface area contributed by atoms with Crippen molar-refractivity contribution < 1.29 is 9.30 Å². The molecule has 0 unspecified atom stereocenters. The normalized spacial score (nSPS) is 11.0. The Labute approximate surface area is 137 Å². The van der Waals surface area contributed by atoms with Gasteiger partial charge in [-0.2, -0.15) is 4.57 Å². The van der Waals surface area contributed by atoms with Gasteiger partial charge in [0.25, 0.3) is 6.73 Å². The van der Waals surface area contributed by atoms with E-state index < -0.39 is 0 Å². The highest BCUT2D eigenvalue weighted by Gasteiger charge is 1.99. The molecule has 1 aromatic rings. The maximum Gasteiger partial charge on any atom is 0.252 e. The predicted octanol–water partition coefficient (Wildman–Crippen LogP) is 5.43. The summed E-state index contributed by atoms with van der Waals surface area (Å²) in [7, 11) is 0. The Morgan fingerprint density at radius 2 is 1.32 bits per heavy atom. The number of hydrogen-bond donors (Lipinski definition) is 0. The number of aromatic nitrogens is 1. The van der Waals surface area contributed by atoms with Crippen LogP contribution in [0.4, 0.5) is 0 Å². The lowest BCUT2D eigenvalue weighted by Gasteiger charge is -2.03. The van der Waals surface area contributed by atoms with Crippen LogP contribution in [-0.2, 0) is 17.9 Å². The van der Waals surface area contributed by atoms with Gasteiger partial charge in [0.1, 0.15) is 0 Å². The van der Waals surface area contributed by atoms with Crippen LogP contribution in [0.25, 0.3) is 0 Å². The first-order valence-electron chi connectivity index (χ1n) is 9.42. The van der Waals surface area contributed by atoms with Crippen LogP contribution in [0.3, 0.4) is 0 Å². The van der Waals surface area contributed by atoms with Crippen molar-refractivity contribution in [3.63, 3.8) is 0 Å². The molecule has 22 heavy (non-hydrogen) atoms. The van der Waals surface area contributed by atoms with Gasteiger partial charge in [0.05, 0.1) is 6.61 Å². The molecule has 0 N–H and O–H groups in total. The smallest absolute Gasteiger partial charge is 0.252 e. The number of hydrogen-bond acceptors (Lipinski definition) is 1. The van der Waals surface area contributed by atoms with Crippen LogP contribution >= 0.6 is 0 Å². The number of aryl methyl sites for hydroxylation is 1. The van der Waals surface area contributed by atoms with Gasteiger partial charge in [0, 0.05) is 12.1 Å². The molecule has 1 aromatic heterocycles. The van der Waals surface area contributed by atoms with E-state index in [1.54, 1.807) is 0 Å². The largest absolute Gasteiger partial charge is 0.323 e. The predicted molar refractivity (Wildman–Crippen MR) is 93.8 cm³/mol. The minimum Gasteiger partial charge on any atom is -0.323 e. The fourth-order valence-electron chi connectivity index (χ4n) is 2.67. The summed E-state index contributed by atoms with van der Waals surface area (Å²) < 4.78 is 7.83. The molecule has 1 rings (SSSR count). The zero-order valence-corrected chi connectivity index (χ0v) is 14.9. The second-order valence-corrected chi connectivity index (χ2v) is 6.29. The highest BCUT2D eigenvalue weighted by Crippen LogP contribution is 2.10. The molecule has 0 aliphatic carbocycles. The highest BCUT2D eigenvalue weighted by atomic mass is 16.5. The maximum atomic E-state index is 5.73. The second-order valence-electron chi connectivity index (χ2n) is 6.29. The first kappa shape index (κ1) is 19.2. The molecule has 0 saturated heterocycles. The van der Waals surface area contributed by atoms with Crippen LogP contribution in [0.5, 0.6) is 0 Å². The van der Waals surface area contributed by atoms with Crippen LogP contribution in [-0.4, -0.2) is 6.61 Å². The summed E-state index contributed by atoms with van der Waals surface area (Å²) in [5.74, 6) is 0. The van der Waals surface area contributed by atoms with Crippen molar-refractivity contribution in [2.75, 3.05) is 6.61 Å². The summed E-state index contributed by atoms with van der Waals surface area (Å²) in [5, 5.41) is 0. The van der Waals surface area contributed by atoms with Gasteiger partial charge in [-0.05, 0) is 18.4 Å². The van der Waals surface area contributed by atoms with E-state index in [1.165, 1.54) is 69.8 Å². The molecule has 0 radical (unpaired) electrons. The second kappa shape index (κ2) is 13.8. The SMILES string of the molecule is CCCCCCCCCCCCOC[n+]1ccc(CC)cc1. The average Bonchev–Trinajstić information content (AvgIpc) is 2.56. The van der Waals surface area contributed by atoms with Crippen molar-refractivity contribution in [3.05, 3.63) is 30.1 Å². The van der Waals surface area contributed by atoms with E-state index >= 15 is 0 Å². The third-order valence-electron chi connectivity index (χ3n) is 4.25. The molecule has 0 aliphatic heterocycles. The molecule has 0 atom stereocenters. The van der Waals surface area contributed by atoms with Gasteiger partial charge in [-0.15, -0.1) is 0 Å². The Morgan fingerprint density at radius 1 is 0.773 bits per heavy atom. The van der Waals surface area contributed by atoms with Crippen LogP contribution < -0.4 is 4.57 Å². The van der Waals surface area contributed by atoms with Crippen LogP contribution in [0, 0.1) is 0 Å². The van der Waals surface area contributed by atoms with E-state index in [-0.39, 0.29) is 0 Å². The van der Waals surface area contributed by atoms with Crippen molar-refractivity contribution in [3.8, 4) is 0 Å². The standard InChI is InChI=1S/C20H36NO/c1-3-5-6-7-8-9-10-11-12-13-18-22-19-21-16-14-20(4-2)15-17-21/h14-17H,3-13,18-19H2,1-2H3/q+1. The van der Waals surface area contributed by atoms with Gasteiger partial charge in [-0.25, -0.2) is 0 Å². The number of pyridine rings is 1. The van der Waals surface area contributed by atoms with Gasteiger partial charge in [0.15, 0.2) is 12.4 Å². The van der Waals surface area contributed by atoms with Gasteiger partial charge < -0.3 is 4.74 Å². The Hall–Kier alpha value is -0.890. The van der Waals surface area contributed by atoms with E-state index in [2.05, 4.69) is 42.9 Å². The number of rotatable bonds is 14. The molecule has 0 spiro atoms. The Morgan fingerprint density at radius 3 is 1.86 bits per heavy atom. The van der Waals surface area contributed by atoms with Gasteiger partial charge in [-0.1, -0.05) is 71.6 Å². The van der Waals surface area contributed by atoms with E-state index in [4.69, 9.17) is 4.74 Å². The van der Waals surface area contributed by atoms with Crippen molar-refractivity contribution >= 4 is 0 Å². The third-order valence-corrected chi connectivity index (χ3v) is 4.25. The molecule has 0 bridgehead atoms. The highest BCUT2D eigenvalue weighted by molar-refractivity contribution is 5.06. The molecule has 0 aliphatic rings. The fraction of sp³-hybridized carbons (Fsp3) is 0.750. The molecular formula is C20H36NO+. The van der Waals surface area contributed by atoms with Gasteiger partial charge in [-0.3, -0.25) is 0 Å². The first-order valence-corrected chi connectivity index (χ1v) is 9.42. The summed E-state index contributed by atoms with van der Waals surface area (Å²) >= 11 is 0. The Balaban J connectivity index is 1.85. The van der Waals surface area contributed by atoms with E-state index in [9.17, 15) is 0 Å². The summed E-state index contributed by atoms with van der Waals surface area (Å²) in [6, 6.07) is 4.34. The van der Waals surface area contributed by atoms with E-state index in [0.29, 0.717) is 6.73 Å². The quantitative estimate of drug-likeness (QED) is 0.330. The molecule has 0 amide bonds. The Kier molecular flexibility index (Phi) is 12.0. The van der Waals surface area contributed by atoms with Crippen LogP contribution in [0.1, 0.15) is 83.6 Å². The molecule has 2 heteroatoms. The Bertz CT molecular complexity index is 347. The van der Waals surface area contributed by atoms with Crippen molar-refractivity contribution in [2.45, 2.75) is 91.2 Å². The average molecular weight is 307 g/mol. The van der Waals surface area contributed by atoms with Crippen molar-refractivity contribution in [2.24, 2.45) is 0 Å². The van der Waals surface area contributed by atoms with E-state index in [1.807, 2.05) is 0 Å². The summed E-state index contributed by atoms with van der Waals surface area (Å²) in [5.41, 5.74) is 1.38. The monoisotopic (exact) mass is 306 g/mol. The molecule has 0 aromatic carbocycles. The fourth-order valence-corrected chi connectivity index (χ4v) is 2.67. The minimum atomic E-state index is 0.682. The lowest BCUT2D eigenvalue weighted by molar-refractivity contribution is -0.732. The third kappa shape index (κ3) is 9.94. The molecule has 1 heterocycles. The molecule has 126 valence electrons. The summed E-state index contributed by atoms with van der Waals surface area (Å²) in [4.78, 5) is 0. The minimum absolute atomic E-state index is 0.682. The summed E-state index contributed by atoms with van der Waals surface area (Å²) in [6.45, 7) is 6.03. The zero-order valence-electron chi connectivity index (χ0n) is 14.9. The van der Waals surface area contributed by atoms with E-state index in [0.717, 1.165) is 13.0 Å². The molecule has 0 fully saturated rings. The lowest BCUT2D eigenvalue weighted by Crippen LogP contribution is -2.34. The molecule has 2 nitrogen and oxygen atoms in total. The summed E-state index contributed by atoms with van der Waals surface area (Å²) in [6.07, 6.45) is 19.1. The lowest BCUT2D eigenvalue weighted by atomic mass is 10.1. The maximum absolute atomic E-state index is 5.73. The number of nitrogens with zero attached hydrogens (tertiary/aromatic N) is 1. The molecular weight excluding hydrogens is 270 g/mol. The van der Waals surface area contributed by atoms with Crippen LogP contribution in [0.15, 0.2) is 24.5 Å². The topological polar surface area (TPSA) is 13.1 Å². The van der Waals surface area contributed by atoms with Crippen molar-refractivity contribution in [1.82, 2.24) is 0 Å². The van der Waals surface area contributed by atoms with Gasteiger partial charge in [0.2, 0.25) is 0 Å². The zero-order chi connectivity index (χ0) is 15.9. The first-order chi connectivity index (χ1) is 10.9. The van der Waals surface area contributed by atoms with Crippen molar-refractivity contribution in [1.29, 1.82) is 0 Å². The number of unbranched alkanes of at least 4 members (excludes halogenated alkanes) is 9. The van der Waals surface area contributed by atoms with Gasteiger partial charge >= 0.3 is 0 Å².